The third-order valence-electron chi connectivity index (χ3n) is 5.38. The van der Waals surface area contributed by atoms with Crippen LogP contribution in [0.4, 0.5) is 0 Å². The molecule has 0 fully saturated rings. The third kappa shape index (κ3) is 6.25. The van der Waals surface area contributed by atoms with Crippen LogP contribution in [0.15, 0.2) is 56.6 Å². The molecule has 0 radical (unpaired) electrons. The molecule has 0 aliphatic rings. The number of rotatable bonds is 10. The SMILES string of the molecule is CCCCc1cc(=O)oc2cc(OC(=O)[C@H](CCC)NS(=O)(=O)c3ccc(C)cc3)c(Cl)cc12. The number of hydrogen-bond donors (Lipinski definition) is 1. The van der Waals surface area contributed by atoms with E-state index in [0.717, 1.165) is 24.0 Å². The van der Waals surface area contributed by atoms with Gasteiger partial charge in [0.15, 0.2) is 5.75 Å². The highest BCUT2D eigenvalue weighted by Crippen LogP contribution is 2.32. The molecule has 1 atom stereocenters. The monoisotopic (exact) mass is 505 g/mol. The van der Waals surface area contributed by atoms with Crippen LogP contribution in [-0.2, 0) is 21.2 Å². The summed E-state index contributed by atoms with van der Waals surface area (Å²) in [7, 11) is -3.94. The first-order chi connectivity index (χ1) is 16.1. The quantitative estimate of drug-likeness (QED) is 0.232. The summed E-state index contributed by atoms with van der Waals surface area (Å²) in [5, 5.41) is 0.826. The van der Waals surface area contributed by atoms with Crippen LogP contribution in [0, 0.1) is 6.92 Å². The van der Waals surface area contributed by atoms with Crippen LogP contribution in [0.5, 0.6) is 5.75 Å². The number of ether oxygens (including phenoxy) is 1. The maximum atomic E-state index is 12.9. The lowest BCUT2D eigenvalue weighted by Crippen LogP contribution is -2.42. The van der Waals surface area contributed by atoms with E-state index in [1.807, 2.05) is 13.8 Å². The fourth-order valence-electron chi connectivity index (χ4n) is 3.55. The summed E-state index contributed by atoms with van der Waals surface area (Å²) < 4.78 is 38.8. The first kappa shape index (κ1) is 25.9. The highest BCUT2D eigenvalue weighted by Gasteiger charge is 2.27. The van der Waals surface area contributed by atoms with Crippen LogP contribution in [0.25, 0.3) is 11.0 Å². The van der Waals surface area contributed by atoms with E-state index in [-0.39, 0.29) is 27.7 Å². The molecule has 3 rings (SSSR count). The molecule has 0 spiro atoms. The Balaban J connectivity index is 1.88. The lowest BCUT2D eigenvalue weighted by molar-refractivity contribution is -0.136. The fraction of sp³-hybridized carbons (Fsp3) is 0.360. The zero-order chi connectivity index (χ0) is 24.9. The number of benzene rings is 2. The van der Waals surface area contributed by atoms with Gasteiger partial charge in [-0.05, 0) is 49.9 Å². The lowest BCUT2D eigenvalue weighted by Gasteiger charge is -2.18. The van der Waals surface area contributed by atoms with Crippen molar-refractivity contribution in [1.82, 2.24) is 4.72 Å². The summed E-state index contributed by atoms with van der Waals surface area (Å²) in [6.07, 6.45) is 3.31. The average molecular weight is 506 g/mol. The van der Waals surface area contributed by atoms with E-state index < -0.39 is 27.7 Å². The fourth-order valence-corrected chi connectivity index (χ4v) is 4.97. The van der Waals surface area contributed by atoms with E-state index in [2.05, 4.69) is 11.6 Å². The number of hydrogen-bond acceptors (Lipinski definition) is 6. The highest BCUT2D eigenvalue weighted by molar-refractivity contribution is 7.89. The Bertz CT molecular complexity index is 1330. The van der Waals surface area contributed by atoms with Gasteiger partial charge < -0.3 is 9.15 Å². The van der Waals surface area contributed by atoms with Gasteiger partial charge in [0.2, 0.25) is 10.0 Å². The van der Waals surface area contributed by atoms with E-state index in [0.29, 0.717) is 18.2 Å². The van der Waals surface area contributed by atoms with Crippen molar-refractivity contribution in [3.8, 4) is 5.75 Å². The van der Waals surface area contributed by atoms with Crippen molar-refractivity contribution in [2.75, 3.05) is 0 Å². The Labute approximate surface area is 204 Å². The highest BCUT2D eigenvalue weighted by atomic mass is 35.5. The van der Waals surface area contributed by atoms with Gasteiger partial charge in [-0.25, -0.2) is 18.0 Å². The van der Waals surface area contributed by atoms with Gasteiger partial charge >= 0.3 is 11.6 Å². The number of unbranched alkanes of at least 4 members (excludes halogenated alkanes) is 1. The summed E-state index contributed by atoms with van der Waals surface area (Å²) >= 11 is 6.38. The zero-order valence-electron chi connectivity index (χ0n) is 19.4. The van der Waals surface area contributed by atoms with Crippen molar-refractivity contribution in [2.24, 2.45) is 0 Å². The van der Waals surface area contributed by atoms with Crippen LogP contribution in [0.3, 0.4) is 0 Å². The number of aryl methyl sites for hydroxylation is 2. The van der Waals surface area contributed by atoms with Crippen LogP contribution >= 0.6 is 11.6 Å². The lowest BCUT2D eigenvalue weighted by atomic mass is 10.0. The Hall–Kier alpha value is -2.68. The van der Waals surface area contributed by atoms with Gasteiger partial charge in [0, 0.05) is 17.5 Å². The summed E-state index contributed by atoms with van der Waals surface area (Å²) in [5.74, 6) is -0.811. The predicted molar refractivity (Wildman–Crippen MR) is 132 cm³/mol. The molecule has 3 aromatic rings. The molecular formula is C25H28ClNO6S. The Morgan fingerprint density at radius 3 is 2.47 bits per heavy atom. The van der Waals surface area contributed by atoms with Crippen molar-refractivity contribution in [1.29, 1.82) is 0 Å². The van der Waals surface area contributed by atoms with Gasteiger partial charge in [-0.1, -0.05) is 56.0 Å². The van der Waals surface area contributed by atoms with Gasteiger partial charge in [0.1, 0.15) is 11.6 Å². The molecule has 1 heterocycles. The molecule has 2 aromatic carbocycles. The minimum atomic E-state index is -3.94. The van der Waals surface area contributed by atoms with Crippen molar-refractivity contribution in [3.05, 3.63) is 69.0 Å². The number of carbonyl (C=O) groups is 1. The number of esters is 1. The molecule has 0 aliphatic carbocycles. The standard InChI is InChI=1S/C25H28ClNO6S/c1-4-6-8-17-13-24(28)32-22-15-23(20(26)14-19(17)22)33-25(29)21(7-5-2)27-34(30,31)18-11-9-16(3)10-12-18/h9-15,21,27H,4-8H2,1-3H3/t21-/m0/s1. The van der Waals surface area contributed by atoms with Gasteiger partial charge in [0.05, 0.1) is 9.92 Å². The number of carbonyl (C=O) groups excluding carboxylic acids is 1. The predicted octanol–water partition coefficient (Wildman–Crippen LogP) is 5.15. The topological polar surface area (TPSA) is 103 Å². The van der Waals surface area contributed by atoms with Gasteiger partial charge in [-0.15, -0.1) is 0 Å². The minimum absolute atomic E-state index is 0.00871. The Morgan fingerprint density at radius 2 is 1.82 bits per heavy atom. The Morgan fingerprint density at radius 1 is 1.12 bits per heavy atom. The first-order valence-corrected chi connectivity index (χ1v) is 13.1. The maximum Gasteiger partial charge on any atom is 0.336 e. The molecule has 34 heavy (non-hydrogen) atoms. The number of nitrogens with one attached hydrogen (secondary N) is 1. The average Bonchev–Trinajstić information content (AvgIpc) is 2.78. The number of fused-ring (bicyclic) bond motifs is 1. The molecule has 0 bridgehead atoms. The molecule has 0 amide bonds. The summed E-state index contributed by atoms with van der Waals surface area (Å²) in [6.45, 7) is 5.73. The van der Waals surface area contributed by atoms with E-state index >= 15 is 0 Å². The van der Waals surface area contributed by atoms with E-state index in [9.17, 15) is 18.0 Å². The van der Waals surface area contributed by atoms with Gasteiger partial charge in [0.25, 0.3) is 0 Å². The molecule has 7 nitrogen and oxygen atoms in total. The molecule has 0 saturated carbocycles. The minimum Gasteiger partial charge on any atom is -0.424 e. The van der Waals surface area contributed by atoms with Crippen LogP contribution in [0.1, 0.15) is 50.7 Å². The second kappa shape index (κ2) is 11.2. The second-order valence-electron chi connectivity index (χ2n) is 8.17. The Kier molecular flexibility index (Phi) is 8.52. The molecule has 0 aliphatic heterocycles. The van der Waals surface area contributed by atoms with Crippen molar-refractivity contribution in [2.45, 2.75) is 63.8 Å². The maximum absolute atomic E-state index is 12.9. The van der Waals surface area contributed by atoms with Crippen molar-refractivity contribution < 1.29 is 22.4 Å². The molecule has 0 unspecified atom stereocenters. The van der Waals surface area contributed by atoms with Crippen LogP contribution < -0.4 is 15.1 Å². The zero-order valence-corrected chi connectivity index (χ0v) is 21.0. The molecule has 1 N–H and O–H groups in total. The van der Waals surface area contributed by atoms with Gasteiger partial charge in [-0.2, -0.15) is 4.72 Å². The number of halogens is 1. The molecule has 0 saturated heterocycles. The van der Waals surface area contributed by atoms with E-state index in [1.165, 1.54) is 24.3 Å². The second-order valence-corrected chi connectivity index (χ2v) is 10.3. The normalized spacial score (nSPS) is 12.6. The number of sulfonamides is 1. The summed E-state index contributed by atoms with van der Waals surface area (Å²) in [5.41, 5.74) is 1.47. The summed E-state index contributed by atoms with van der Waals surface area (Å²) in [4.78, 5) is 25.0. The van der Waals surface area contributed by atoms with Crippen LogP contribution in [0.2, 0.25) is 5.02 Å². The molecule has 1 aromatic heterocycles. The largest absolute Gasteiger partial charge is 0.424 e. The molecule has 9 heteroatoms. The van der Waals surface area contributed by atoms with Crippen molar-refractivity contribution >= 4 is 38.6 Å². The van der Waals surface area contributed by atoms with Gasteiger partial charge in [-0.3, -0.25) is 0 Å². The van der Waals surface area contributed by atoms with E-state index in [1.54, 1.807) is 18.2 Å². The molecule has 182 valence electrons. The van der Waals surface area contributed by atoms with Crippen LogP contribution in [-0.4, -0.2) is 20.4 Å². The molecular weight excluding hydrogens is 478 g/mol. The first-order valence-electron chi connectivity index (χ1n) is 11.2. The summed E-state index contributed by atoms with van der Waals surface area (Å²) in [6, 6.07) is 9.62. The third-order valence-corrected chi connectivity index (χ3v) is 7.17. The van der Waals surface area contributed by atoms with E-state index in [4.69, 9.17) is 20.8 Å². The smallest absolute Gasteiger partial charge is 0.336 e. The van der Waals surface area contributed by atoms with Crippen molar-refractivity contribution in [3.63, 3.8) is 0 Å².